The Morgan fingerprint density at radius 1 is 1.33 bits per heavy atom. The van der Waals surface area contributed by atoms with E-state index < -0.39 is 0 Å². The van der Waals surface area contributed by atoms with Crippen LogP contribution in [0.1, 0.15) is 10.4 Å². The second kappa shape index (κ2) is 5.37. The van der Waals surface area contributed by atoms with Crippen LogP contribution >= 0.6 is 11.6 Å². The molecule has 1 amide bonds. The Labute approximate surface area is 124 Å². The molecule has 2 N–H and O–H groups in total. The van der Waals surface area contributed by atoms with Crippen LogP contribution in [0.5, 0.6) is 6.01 Å². The Morgan fingerprint density at radius 2 is 2.14 bits per heavy atom. The van der Waals surface area contributed by atoms with Gasteiger partial charge in [-0.2, -0.15) is 4.98 Å². The number of hydrogen-bond donors (Lipinski definition) is 2. The fraction of sp³-hybridized carbons (Fsp3) is 0.0769. The van der Waals surface area contributed by atoms with Crippen LogP contribution in [0.2, 0.25) is 5.15 Å². The molecule has 0 unspecified atom stereocenters. The van der Waals surface area contributed by atoms with Crippen molar-refractivity contribution in [2.45, 2.75) is 0 Å². The van der Waals surface area contributed by atoms with Crippen molar-refractivity contribution in [3.63, 3.8) is 0 Å². The zero-order valence-corrected chi connectivity index (χ0v) is 11.7. The van der Waals surface area contributed by atoms with Gasteiger partial charge in [-0.3, -0.25) is 10.1 Å². The van der Waals surface area contributed by atoms with Gasteiger partial charge < -0.3 is 4.74 Å². The maximum atomic E-state index is 12.4. The second-order valence-corrected chi connectivity index (χ2v) is 4.52. The Kier molecular flexibility index (Phi) is 3.41. The van der Waals surface area contributed by atoms with Crippen LogP contribution in [0.3, 0.4) is 0 Å². The average molecular weight is 304 g/mol. The third-order valence-electron chi connectivity index (χ3n) is 2.81. The molecule has 0 atom stereocenters. The van der Waals surface area contributed by atoms with E-state index in [4.69, 9.17) is 16.3 Å². The highest BCUT2D eigenvalue weighted by molar-refractivity contribution is 6.30. The van der Waals surface area contributed by atoms with Gasteiger partial charge in [0.25, 0.3) is 5.91 Å². The number of ether oxygens (including phenoxy) is 1. The third kappa shape index (κ3) is 2.63. The smallest absolute Gasteiger partial charge is 0.336 e. The molecular weight excluding hydrogens is 294 g/mol. The lowest BCUT2D eigenvalue weighted by Gasteiger charge is -2.06. The van der Waals surface area contributed by atoms with Crippen LogP contribution in [0.4, 0.5) is 5.95 Å². The molecule has 3 rings (SSSR count). The number of halogens is 1. The number of rotatable bonds is 3. The zero-order valence-electron chi connectivity index (χ0n) is 10.9. The van der Waals surface area contributed by atoms with E-state index >= 15 is 0 Å². The number of fused-ring (bicyclic) bond motifs is 1. The summed E-state index contributed by atoms with van der Waals surface area (Å²) in [4.78, 5) is 20.5. The second-order valence-electron chi connectivity index (χ2n) is 4.13. The zero-order chi connectivity index (χ0) is 14.8. The SMILES string of the molecule is COc1n[nH]c(NC(=O)c2cc(Cl)nc3ccccc23)n1. The van der Waals surface area contributed by atoms with Gasteiger partial charge in [0.1, 0.15) is 5.15 Å². The quantitative estimate of drug-likeness (QED) is 0.724. The van der Waals surface area contributed by atoms with Crippen LogP contribution in [0.25, 0.3) is 10.9 Å². The van der Waals surface area contributed by atoms with Crippen molar-refractivity contribution in [2.24, 2.45) is 0 Å². The summed E-state index contributed by atoms with van der Waals surface area (Å²) in [5, 5.41) is 9.85. The number of pyridine rings is 1. The lowest BCUT2D eigenvalue weighted by atomic mass is 10.1. The van der Waals surface area contributed by atoms with Crippen LogP contribution < -0.4 is 10.1 Å². The van der Waals surface area contributed by atoms with Gasteiger partial charge in [0.05, 0.1) is 18.2 Å². The molecule has 0 fully saturated rings. The maximum absolute atomic E-state index is 12.4. The molecule has 3 aromatic rings. The molecule has 21 heavy (non-hydrogen) atoms. The molecular formula is C13H10ClN5O2. The number of H-pyrrole nitrogens is 1. The van der Waals surface area contributed by atoms with Crippen LogP contribution in [0.15, 0.2) is 30.3 Å². The molecule has 0 aliphatic carbocycles. The van der Waals surface area contributed by atoms with Crippen LogP contribution in [0, 0.1) is 0 Å². The van der Waals surface area contributed by atoms with Crippen molar-refractivity contribution in [2.75, 3.05) is 12.4 Å². The third-order valence-corrected chi connectivity index (χ3v) is 3.00. The molecule has 106 valence electrons. The summed E-state index contributed by atoms with van der Waals surface area (Å²) < 4.78 is 4.84. The topological polar surface area (TPSA) is 92.8 Å². The first-order chi connectivity index (χ1) is 10.2. The molecule has 0 bridgehead atoms. The first-order valence-corrected chi connectivity index (χ1v) is 6.38. The highest BCUT2D eigenvalue weighted by Gasteiger charge is 2.14. The van der Waals surface area contributed by atoms with Gasteiger partial charge in [-0.05, 0) is 12.1 Å². The maximum Gasteiger partial charge on any atom is 0.336 e. The van der Waals surface area contributed by atoms with Gasteiger partial charge in [0, 0.05) is 5.39 Å². The number of carbonyl (C=O) groups is 1. The van der Waals surface area contributed by atoms with E-state index in [1.54, 1.807) is 12.1 Å². The fourth-order valence-electron chi connectivity index (χ4n) is 1.90. The molecule has 0 saturated carbocycles. The summed E-state index contributed by atoms with van der Waals surface area (Å²) in [5.41, 5.74) is 1.05. The predicted octanol–water partition coefficient (Wildman–Crippen LogP) is 2.27. The van der Waals surface area contributed by atoms with Gasteiger partial charge >= 0.3 is 6.01 Å². The number of amides is 1. The normalized spacial score (nSPS) is 10.6. The Hall–Kier alpha value is -2.67. The molecule has 8 heteroatoms. The predicted molar refractivity (Wildman–Crippen MR) is 77.6 cm³/mol. The highest BCUT2D eigenvalue weighted by atomic mass is 35.5. The molecule has 0 saturated heterocycles. The highest BCUT2D eigenvalue weighted by Crippen LogP contribution is 2.21. The lowest BCUT2D eigenvalue weighted by Crippen LogP contribution is -2.14. The molecule has 7 nitrogen and oxygen atoms in total. The number of hydrogen-bond acceptors (Lipinski definition) is 5. The van der Waals surface area contributed by atoms with E-state index in [-0.39, 0.29) is 23.0 Å². The van der Waals surface area contributed by atoms with Crippen molar-refractivity contribution in [1.82, 2.24) is 20.2 Å². The largest absolute Gasteiger partial charge is 0.466 e. The van der Waals surface area contributed by atoms with Gasteiger partial charge in [-0.25, -0.2) is 10.1 Å². The fourth-order valence-corrected chi connectivity index (χ4v) is 2.10. The molecule has 1 aromatic carbocycles. The van der Waals surface area contributed by atoms with E-state index in [9.17, 15) is 4.79 Å². The number of nitrogens with zero attached hydrogens (tertiary/aromatic N) is 3. The monoisotopic (exact) mass is 303 g/mol. The van der Waals surface area contributed by atoms with Gasteiger partial charge in [-0.1, -0.05) is 29.8 Å². The van der Waals surface area contributed by atoms with Crippen molar-refractivity contribution >= 4 is 34.4 Å². The minimum absolute atomic E-state index is 0.142. The molecule has 2 aromatic heterocycles. The number of anilines is 1. The van der Waals surface area contributed by atoms with Crippen molar-refractivity contribution < 1.29 is 9.53 Å². The van der Waals surface area contributed by atoms with E-state index in [1.165, 1.54) is 13.2 Å². The molecule has 0 radical (unpaired) electrons. The Bertz CT molecular complexity index is 817. The van der Waals surface area contributed by atoms with Crippen molar-refractivity contribution in [1.29, 1.82) is 0 Å². The summed E-state index contributed by atoms with van der Waals surface area (Å²) in [6, 6.07) is 8.89. The van der Waals surface area contributed by atoms with Gasteiger partial charge in [-0.15, -0.1) is 5.10 Å². The van der Waals surface area contributed by atoms with Crippen LogP contribution in [-0.4, -0.2) is 33.2 Å². The number of para-hydroxylation sites is 1. The van der Waals surface area contributed by atoms with Crippen molar-refractivity contribution in [3.05, 3.63) is 41.0 Å². The van der Waals surface area contributed by atoms with Crippen molar-refractivity contribution in [3.8, 4) is 6.01 Å². The Balaban J connectivity index is 1.97. The number of aromatic amines is 1. The van der Waals surface area contributed by atoms with E-state index in [0.717, 1.165) is 0 Å². The summed E-state index contributed by atoms with van der Waals surface area (Å²) in [6.07, 6.45) is 0. The number of benzene rings is 1. The van der Waals surface area contributed by atoms with E-state index in [2.05, 4.69) is 25.5 Å². The molecule has 2 heterocycles. The first kappa shape index (κ1) is 13.3. The molecule has 0 aliphatic heterocycles. The summed E-state index contributed by atoms with van der Waals surface area (Å²) in [5.74, 6) is -0.178. The average Bonchev–Trinajstić information content (AvgIpc) is 2.94. The first-order valence-electron chi connectivity index (χ1n) is 6.00. The van der Waals surface area contributed by atoms with Crippen LogP contribution in [-0.2, 0) is 0 Å². The summed E-state index contributed by atoms with van der Waals surface area (Å²) in [6.45, 7) is 0. The number of methoxy groups -OCH3 is 1. The minimum atomic E-state index is -0.366. The molecule has 0 aliphatic rings. The number of nitrogens with one attached hydrogen (secondary N) is 2. The standard InChI is InChI=1S/C13H10ClN5O2/c1-21-13-17-12(18-19-13)16-11(20)8-6-10(14)15-9-5-3-2-4-7(8)9/h2-6H,1H3,(H2,16,17,18,19,20). The number of carbonyl (C=O) groups excluding carboxylic acids is 1. The van der Waals surface area contributed by atoms with Gasteiger partial charge in [0.2, 0.25) is 5.95 Å². The summed E-state index contributed by atoms with van der Waals surface area (Å²) in [7, 11) is 1.44. The van der Waals surface area contributed by atoms with E-state index in [1.807, 2.05) is 12.1 Å². The lowest BCUT2D eigenvalue weighted by molar-refractivity contribution is 0.102. The minimum Gasteiger partial charge on any atom is -0.466 e. The summed E-state index contributed by atoms with van der Waals surface area (Å²) >= 11 is 5.95. The van der Waals surface area contributed by atoms with E-state index in [0.29, 0.717) is 16.5 Å². The molecule has 0 spiro atoms. The Morgan fingerprint density at radius 3 is 2.90 bits per heavy atom. The van der Waals surface area contributed by atoms with Gasteiger partial charge in [0.15, 0.2) is 0 Å². The number of aromatic nitrogens is 4.